The molecule has 4 rings (SSSR count). The van der Waals surface area contributed by atoms with E-state index >= 15 is 0 Å². The summed E-state index contributed by atoms with van der Waals surface area (Å²) in [5.74, 6) is -0.0583. The zero-order valence-electron chi connectivity index (χ0n) is 25.4. The van der Waals surface area contributed by atoms with Crippen LogP contribution in [0, 0.1) is 0 Å². The molecule has 4 fully saturated rings. The maximum absolute atomic E-state index is 11.7. The van der Waals surface area contributed by atoms with Crippen LogP contribution in [0.3, 0.4) is 0 Å². The van der Waals surface area contributed by atoms with Crippen LogP contribution in [-0.4, -0.2) is 160 Å². The molecule has 13 unspecified atom stereocenters. The Bertz CT molecular complexity index is 960. The van der Waals surface area contributed by atoms with E-state index in [1.54, 1.807) is 7.05 Å². The van der Waals surface area contributed by atoms with Gasteiger partial charge in [-0.05, 0) is 46.1 Å². The highest BCUT2D eigenvalue weighted by atomic mass is 16.7. The van der Waals surface area contributed by atoms with Crippen LogP contribution in [0.4, 0.5) is 0 Å². The molecule has 0 bridgehead atoms. The molecule has 2 heterocycles. The topological polar surface area (TPSA) is 299 Å². The number of hydrogen-bond donors (Lipinski definition) is 12. The monoisotopic (exact) mass is 635 g/mol. The number of ether oxygens (including phenoxy) is 4. The van der Waals surface area contributed by atoms with Crippen molar-refractivity contribution in [3.8, 4) is 0 Å². The molecule has 0 spiro atoms. The lowest BCUT2D eigenvalue weighted by Gasteiger charge is -2.48. The van der Waals surface area contributed by atoms with Crippen LogP contribution >= 0.6 is 0 Å². The van der Waals surface area contributed by atoms with Gasteiger partial charge >= 0.3 is 0 Å². The molecule has 0 aromatic carbocycles. The zero-order chi connectivity index (χ0) is 32.4. The molecule has 16 N–H and O–H groups in total. The van der Waals surface area contributed by atoms with E-state index in [4.69, 9.17) is 47.0 Å². The first-order valence-electron chi connectivity index (χ1n) is 15.3. The lowest BCUT2D eigenvalue weighted by atomic mass is 9.75. The maximum Gasteiger partial charge on any atom is 0.185 e. The molecule has 17 heteroatoms. The van der Waals surface area contributed by atoms with Gasteiger partial charge in [-0.15, -0.1) is 0 Å². The molecular formula is C27H53N7O10. The molecule has 44 heavy (non-hydrogen) atoms. The summed E-state index contributed by atoms with van der Waals surface area (Å²) in [5.41, 5.74) is 22.2. The molecule has 13 atom stereocenters. The first-order chi connectivity index (χ1) is 20.7. The van der Waals surface area contributed by atoms with Gasteiger partial charge in [0, 0.05) is 25.2 Å². The molecule has 17 nitrogen and oxygen atoms in total. The van der Waals surface area contributed by atoms with Crippen LogP contribution in [0.15, 0.2) is 4.99 Å². The number of likely N-dealkylation sites (N-methyl/N-ethyl adjacent to an activating group) is 1. The smallest absolute Gasteiger partial charge is 0.185 e. The van der Waals surface area contributed by atoms with Gasteiger partial charge in [-0.25, -0.2) is 0 Å². The van der Waals surface area contributed by atoms with Crippen LogP contribution in [0.25, 0.3) is 0 Å². The summed E-state index contributed by atoms with van der Waals surface area (Å²) in [6.07, 6.45) is -6.54. The fourth-order valence-corrected chi connectivity index (χ4v) is 6.52. The van der Waals surface area contributed by atoms with Gasteiger partial charge < -0.3 is 83.2 Å². The molecule has 2 saturated heterocycles. The van der Waals surface area contributed by atoms with Crippen LogP contribution in [-0.2, 0) is 18.9 Å². The summed E-state index contributed by atoms with van der Waals surface area (Å²) in [5, 5.41) is 68.8. The number of aliphatic imine (C=N–C) groups is 1. The molecule has 2 saturated carbocycles. The Kier molecular flexibility index (Phi) is 12.0. The van der Waals surface area contributed by atoms with Crippen molar-refractivity contribution in [1.82, 2.24) is 10.6 Å². The normalized spacial score (nSPS) is 47.7. The van der Waals surface area contributed by atoms with Crippen molar-refractivity contribution in [2.75, 3.05) is 33.4 Å². The molecule has 0 aromatic heterocycles. The highest BCUT2D eigenvalue weighted by molar-refractivity contribution is 5.90. The standard InChI is InChI=1S/C27H53N7O10/c1-26(39)11-41-24(19(38)22(26)32-2)44-21-17(34-25(31)27(40)6-12(28)7-27)5-16(30)20(18(21)37)43-23-15(29)4-3-14(42-23)9-33-8-13(36)10-35/h12-24,32-33,35-40H,3-11,28-30H2,1-2H3,(H2,31,34). The third kappa shape index (κ3) is 8.04. The van der Waals surface area contributed by atoms with Crippen molar-refractivity contribution in [2.45, 2.75) is 130 Å². The second-order valence-corrected chi connectivity index (χ2v) is 13.0. The van der Waals surface area contributed by atoms with Crippen LogP contribution < -0.4 is 33.6 Å². The minimum absolute atomic E-state index is 0.0583. The second-order valence-electron chi connectivity index (χ2n) is 13.0. The van der Waals surface area contributed by atoms with Crippen molar-refractivity contribution in [3.63, 3.8) is 0 Å². The molecular weight excluding hydrogens is 582 g/mol. The first-order valence-corrected chi connectivity index (χ1v) is 15.3. The lowest BCUT2D eigenvalue weighted by Crippen LogP contribution is -2.68. The fraction of sp³-hybridized carbons (Fsp3) is 0.963. The van der Waals surface area contributed by atoms with Crippen LogP contribution in [0.2, 0.25) is 0 Å². The first kappa shape index (κ1) is 35.7. The number of rotatable bonds is 12. The van der Waals surface area contributed by atoms with Gasteiger partial charge in [-0.2, -0.15) is 0 Å². The third-order valence-corrected chi connectivity index (χ3v) is 9.15. The van der Waals surface area contributed by atoms with Gasteiger partial charge in [0.1, 0.15) is 41.5 Å². The van der Waals surface area contributed by atoms with Crippen molar-refractivity contribution >= 4 is 5.84 Å². The highest BCUT2D eigenvalue weighted by Crippen LogP contribution is 2.35. The molecule has 2 aliphatic heterocycles. The fourth-order valence-electron chi connectivity index (χ4n) is 6.52. The molecule has 0 amide bonds. The number of hydrogen-bond acceptors (Lipinski definition) is 16. The lowest BCUT2D eigenvalue weighted by molar-refractivity contribution is -0.306. The largest absolute Gasteiger partial charge is 0.394 e. The van der Waals surface area contributed by atoms with E-state index in [-0.39, 0.29) is 57.0 Å². The van der Waals surface area contributed by atoms with E-state index in [1.807, 2.05) is 0 Å². The minimum atomic E-state index is -1.42. The third-order valence-electron chi connectivity index (χ3n) is 9.15. The summed E-state index contributed by atoms with van der Waals surface area (Å²) < 4.78 is 24.2. The van der Waals surface area contributed by atoms with Gasteiger partial charge in [0.05, 0.1) is 43.5 Å². The molecule has 2 aliphatic carbocycles. The predicted molar refractivity (Wildman–Crippen MR) is 157 cm³/mol. The van der Waals surface area contributed by atoms with E-state index in [0.717, 1.165) is 0 Å². The SMILES string of the molecule is CNC1C(O)C(OC2C(N=C(N)C3(O)CC(N)C3)CC(N)C(OC3OC(CNCC(O)CO)CCC3N)C2O)OCC1(C)O. The number of amidine groups is 1. The van der Waals surface area contributed by atoms with Gasteiger partial charge in [-0.1, -0.05) is 0 Å². The van der Waals surface area contributed by atoms with E-state index in [9.17, 15) is 25.5 Å². The summed E-state index contributed by atoms with van der Waals surface area (Å²) in [4.78, 5) is 4.53. The molecule has 256 valence electrons. The number of nitrogens with two attached hydrogens (primary N) is 4. The quantitative estimate of drug-likeness (QED) is 0.0702. The zero-order valence-corrected chi connectivity index (χ0v) is 25.4. The van der Waals surface area contributed by atoms with E-state index in [2.05, 4.69) is 15.6 Å². The van der Waals surface area contributed by atoms with Crippen LogP contribution in [0.1, 0.15) is 39.0 Å². The summed E-state index contributed by atoms with van der Waals surface area (Å²) in [6.45, 7) is 1.56. The molecule has 4 aliphatic rings. The van der Waals surface area contributed by atoms with E-state index in [0.29, 0.717) is 19.4 Å². The van der Waals surface area contributed by atoms with Gasteiger partial charge in [-0.3, -0.25) is 4.99 Å². The van der Waals surface area contributed by atoms with Crippen molar-refractivity contribution in [3.05, 3.63) is 0 Å². The van der Waals surface area contributed by atoms with Crippen molar-refractivity contribution < 1.29 is 49.6 Å². The summed E-state index contributed by atoms with van der Waals surface area (Å²) in [6, 6.07) is -3.17. The van der Waals surface area contributed by atoms with E-state index in [1.165, 1.54) is 6.92 Å². The Balaban J connectivity index is 1.51. The maximum atomic E-state index is 11.7. The number of nitrogens with zero attached hydrogens (tertiary/aromatic N) is 1. The Morgan fingerprint density at radius 3 is 2.36 bits per heavy atom. The number of aliphatic hydroxyl groups excluding tert-OH is 4. The predicted octanol–water partition coefficient (Wildman–Crippen LogP) is -5.74. The van der Waals surface area contributed by atoms with Crippen LogP contribution in [0.5, 0.6) is 0 Å². The Morgan fingerprint density at radius 2 is 1.73 bits per heavy atom. The Labute approximate surface area is 257 Å². The van der Waals surface area contributed by atoms with Gasteiger partial charge in [0.25, 0.3) is 0 Å². The Morgan fingerprint density at radius 1 is 1.05 bits per heavy atom. The van der Waals surface area contributed by atoms with Gasteiger partial charge in [0.15, 0.2) is 12.6 Å². The number of nitrogens with one attached hydrogen (secondary N) is 2. The number of aliphatic hydroxyl groups is 6. The minimum Gasteiger partial charge on any atom is -0.394 e. The molecule has 0 aromatic rings. The average Bonchev–Trinajstić information content (AvgIpc) is 2.94. The van der Waals surface area contributed by atoms with E-state index < -0.39 is 78.5 Å². The summed E-state index contributed by atoms with van der Waals surface area (Å²) in [7, 11) is 1.59. The Hall–Kier alpha value is -1.13. The summed E-state index contributed by atoms with van der Waals surface area (Å²) >= 11 is 0. The highest BCUT2D eigenvalue weighted by Gasteiger charge is 2.52. The molecule has 0 radical (unpaired) electrons. The second kappa shape index (κ2) is 14.7. The average molecular weight is 636 g/mol. The van der Waals surface area contributed by atoms with Crippen molar-refractivity contribution in [1.29, 1.82) is 0 Å². The van der Waals surface area contributed by atoms with Crippen molar-refractivity contribution in [2.24, 2.45) is 27.9 Å². The van der Waals surface area contributed by atoms with Gasteiger partial charge in [0.2, 0.25) is 0 Å².